The zero-order valence-electron chi connectivity index (χ0n) is 15.1. The largest absolute Gasteiger partial charge is 0.326 e. The van der Waals surface area contributed by atoms with Gasteiger partial charge in [0.2, 0.25) is 11.9 Å². The highest BCUT2D eigenvalue weighted by Gasteiger charge is 2.29. The second-order valence-electron chi connectivity index (χ2n) is 6.67. The van der Waals surface area contributed by atoms with E-state index in [4.69, 9.17) is 0 Å². The molecule has 1 aromatic heterocycles. The third-order valence-electron chi connectivity index (χ3n) is 4.27. The molecule has 2 aromatic rings. The number of carbonyl (C=O) groups excluding carboxylic acids is 1. The monoisotopic (exact) mass is 424 g/mol. The molecule has 28 heavy (non-hydrogen) atoms. The molecule has 0 aliphatic carbocycles. The van der Waals surface area contributed by atoms with Crippen molar-refractivity contribution in [3.8, 4) is 0 Å². The number of carbonyl (C=O) groups is 1. The minimum Gasteiger partial charge on any atom is -0.326 e. The summed E-state index contributed by atoms with van der Waals surface area (Å²) in [5.41, 5.74) is 1.05. The van der Waals surface area contributed by atoms with Gasteiger partial charge in [0.25, 0.3) is 10.0 Å². The van der Waals surface area contributed by atoms with Crippen molar-refractivity contribution >= 4 is 37.4 Å². The molecule has 2 N–H and O–H groups in total. The minimum atomic E-state index is -3.86. The van der Waals surface area contributed by atoms with Gasteiger partial charge in [-0.3, -0.25) is 4.79 Å². The molecule has 2 heterocycles. The summed E-state index contributed by atoms with van der Waals surface area (Å²) in [4.78, 5) is 19.9. The maximum Gasteiger partial charge on any atom is 0.264 e. The van der Waals surface area contributed by atoms with Crippen LogP contribution in [0.5, 0.6) is 0 Å². The van der Waals surface area contributed by atoms with Crippen LogP contribution >= 0.6 is 0 Å². The van der Waals surface area contributed by atoms with Gasteiger partial charge in [-0.25, -0.2) is 31.5 Å². The van der Waals surface area contributed by atoms with E-state index in [0.717, 1.165) is 0 Å². The third-order valence-corrected chi connectivity index (χ3v) is 7.45. The summed E-state index contributed by atoms with van der Waals surface area (Å²) < 4.78 is 50.0. The predicted octanol–water partition coefficient (Wildman–Crippen LogP) is 1.35. The first-order chi connectivity index (χ1) is 13.1. The molecule has 3 rings (SSSR count). The van der Waals surface area contributed by atoms with E-state index in [2.05, 4.69) is 20.0 Å². The van der Waals surface area contributed by atoms with Crippen molar-refractivity contribution in [3.63, 3.8) is 0 Å². The molecule has 1 aliphatic heterocycles. The molecular formula is C17H20N4O5S2. The topological polar surface area (TPSA) is 135 Å². The van der Waals surface area contributed by atoms with Crippen LogP contribution < -0.4 is 10.0 Å². The summed E-state index contributed by atoms with van der Waals surface area (Å²) in [5.74, 6) is -0.351. The van der Waals surface area contributed by atoms with Crippen molar-refractivity contribution in [2.24, 2.45) is 5.92 Å². The fourth-order valence-electron chi connectivity index (χ4n) is 2.90. The van der Waals surface area contributed by atoms with E-state index < -0.39 is 19.9 Å². The van der Waals surface area contributed by atoms with Crippen LogP contribution in [0.25, 0.3) is 0 Å². The van der Waals surface area contributed by atoms with Crippen LogP contribution in [-0.4, -0.2) is 44.2 Å². The number of aryl methyl sites for hydroxylation is 1. The van der Waals surface area contributed by atoms with Crippen molar-refractivity contribution in [2.75, 3.05) is 21.5 Å². The summed E-state index contributed by atoms with van der Waals surface area (Å²) in [6.45, 7) is 1.72. The molecule has 1 aliphatic rings. The quantitative estimate of drug-likeness (QED) is 0.714. The van der Waals surface area contributed by atoms with Crippen molar-refractivity contribution in [2.45, 2.75) is 24.7 Å². The smallest absolute Gasteiger partial charge is 0.264 e. The van der Waals surface area contributed by atoms with Gasteiger partial charge in [0.05, 0.1) is 16.4 Å². The van der Waals surface area contributed by atoms with Gasteiger partial charge in [0.15, 0.2) is 9.84 Å². The molecule has 1 fully saturated rings. The standard InChI is InChI=1S/C17H20N4O5S2/c1-12-6-8-18-17(19-12)21-28(25,26)15-4-2-14(3-5-15)20-16(22)10-13-7-9-27(23,24)11-13/h2-6,8,13H,7,9-11H2,1H3,(H,20,22)(H,18,19,21). The van der Waals surface area contributed by atoms with Crippen molar-refractivity contribution in [1.29, 1.82) is 0 Å². The highest BCUT2D eigenvalue weighted by Crippen LogP contribution is 2.22. The predicted molar refractivity (Wildman–Crippen MR) is 104 cm³/mol. The summed E-state index contributed by atoms with van der Waals surface area (Å²) in [7, 11) is -6.89. The molecule has 1 aromatic carbocycles. The second-order valence-corrected chi connectivity index (χ2v) is 10.6. The van der Waals surface area contributed by atoms with Crippen molar-refractivity contribution in [1.82, 2.24) is 9.97 Å². The van der Waals surface area contributed by atoms with E-state index in [-0.39, 0.29) is 40.6 Å². The van der Waals surface area contributed by atoms with Crippen LogP contribution in [0.2, 0.25) is 0 Å². The number of sulfone groups is 1. The van der Waals surface area contributed by atoms with Gasteiger partial charge in [0, 0.05) is 24.0 Å². The number of hydrogen-bond acceptors (Lipinski definition) is 7. The van der Waals surface area contributed by atoms with Crippen molar-refractivity contribution in [3.05, 3.63) is 42.2 Å². The van der Waals surface area contributed by atoms with Gasteiger partial charge in [-0.05, 0) is 49.6 Å². The Morgan fingerprint density at radius 3 is 2.54 bits per heavy atom. The van der Waals surface area contributed by atoms with Crippen molar-refractivity contribution < 1.29 is 21.6 Å². The Hall–Kier alpha value is -2.53. The molecule has 1 saturated heterocycles. The molecule has 1 amide bonds. The Labute approximate surface area is 163 Å². The number of aromatic nitrogens is 2. The maximum atomic E-state index is 12.4. The normalized spacial score (nSPS) is 18.5. The third kappa shape index (κ3) is 5.26. The lowest BCUT2D eigenvalue weighted by Crippen LogP contribution is -2.18. The Bertz CT molecular complexity index is 1080. The number of rotatable bonds is 6. The Balaban J connectivity index is 1.62. The van der Waals surface area contributed by atoms with Gasteiger partial charge < -0.3 is 5.32 Å². The molecule has 1 unspecified atom stereocenters. The highest BCUT2D eigenvalue weighted by atomic mass is 32.2. The molecule has 1 atom stereocenters. The van der Waals surface area contributed by atoms with Gasteiger partial charge in [0.1, 0.15) is 0 Å². The lowest BCUT2D eigenvalue weighted by Gasteiger charge is -2.10. The average molecular weight is 425 g/mol. The number of amides is 1. The molecule has 150 valence electrons. The fraction of sp³-hybridized carbons (Fsp3) is 0.353. The first-order valence-corrected chi connectivity index (χ1v) is 11.9. The van der Waals surface area contributed by atoms with Gasteiger partial charge in [-0.2, -0.15) is 0 Å². The number of hydrogen-bond donors (Lipinski definition) is 2. The number of nitrogens with one attached hydrogen (secondary N) is 2. The van der Waals surface area contributed by atoms with E-state index in [1.807, 2.05) is 0 Å². The summed E-state index contributed by atoms with van der Waals surface area (Å²) in [6.07, 6.45) is 2.06. The van der Waals surface area contributed by atoms with Gasteiger partial charge in [-0.1, -0.05) is 0 Å². The molecule has 0 spiro atoms. The average Bonchev–Trinajstić information content (AvgIpc) is 2.93. The Morgan fingerprint density at radius 1 is 1.21 bits per heavy atom. The second kappa shape index (κ2) is 7.84. The molecule has 9 nitrogen and oxygen atoms in total. The summed E-state index contributed by atoms with van der Waals surface area (Å²) >= 11 is 0. The first kappa shape index (κ1) is 20.2. The van der Waals surface area contributed by atoms with Crippen LogP contribution in [0.15, 0.2) is 41.4 Å². The van der Waals surface area contributed by atoms with E-state index >= 15 is 0 Å². The SMILES string of the molecule is Cc1ccnc(NS(=O)(=O)c2ccc(NC(=O)CC3CCS(=O)(=O)C3)cc2)n1. The van der Waals surface area contributed by atoms with Crippen LogP contribution in [0.1, 0.15) is 18.5 Å². The van der Waals surface area contributed by atoms with Crippen LogP contribution in [0, 0.1) is 12.8 Å². The molecular weight excluding hydrogens is 404 g/mol. The van der Waals surface area contributed by atoms with Crippen LogP contribution in [-0.2, 0) is 24.7 Å². The zero-order chi connectivity index (χ0) is 20.4. The Morgan fingerprint density at radius 2 is 1.93 bits per heavy atom. The van der Waals surface area contributed by atoms with Gasteiger partial charge >= 0.3 is 0 Å². The number of anilines is 2. The zero-order valence-corrected chi connectivity index (χ0v) is 16.8. The molecule has 0 saturated carbocycles. The number of nitrogens with zero attached hydrogens (tertiary/aromatic N) is 2. The number of benzene rings is 1. The Kier molecular flexibility index (Phi) is 5.66. The van der Waals surface area contributed by atoms with E-state index in [0.29, 0.717) is 17.8 Å². The lowest BCUT2D eigenvalue weighted by atomic mass is 10.1. The summed E-state index contributed by atoms with van der Waals surface area (Å²) in [5, 5.41) is 2.66. The van der Waals surface area contributed by atoms with Crippen LogP contribution in [0.4, 0.5) is 11.6 Å². The lowest BCUT2D eigenvalue weighted by molar-refractivity contribution is -0.116. The fourth-order valence-corrected chi connectivity index (χ4v) is 5.71. The molecule has 0 bridgehead atoms. The summed E-state index contributed by atoms with van der Waals surface area (Å²) in [6, 6.07) is 7.29. The molecule has 0 radical (unpaired) electrons. The van der Waals surface area contributed by atoms with E-state index in [1.54, 1.807) is 13.0 Å². The van der Waals surface area contributed by atoms with E-state index in [9.17, 15) is 21.6 Å². The van der Waals surface area contributed by atoms with Crippen LogP contribution in [0.3, 0.4) is 0 Å². The first-order valence-electron chi connectivity index (χ1n) is 8.56. The minimum absolute atomic E-state index is 0.00232. The highest BCUT2D eigenvalue weighted by molar-refractivity contribution is 7.92. The van der Waals surface area contributed by atoms with Gasteiger partial charge in [-0.15, -0.1) is 0 Å². The van der Waals surface area contributed by atoms with E-state index in [1.165, 1.54) is 30.5 Å². The molecule has 11 heteroatoms. The maximum absolute atomic E-state index is 12.4. The number of sulfonamides is 1.